The maximum Gasteiger partial charge on any atom is 0.184 e. The minimum atomic E-state index is -1.57. The lowest BCUT2D eigenvalue weighted by atomic mass is 9.96. The number of hydrogen-bond donors (Lipinski definition) is 9. The van der Waals surface area contributed by atoms with E-state index >= 15 is 0 Å². The van der Waals surface area contributed by atoms with Gasteiger partial charge in [0.05, 0.1) is 19.3 Å². The molecule has 1 unspecified atom stereocenters. The second kappa shape index (κ2) is 12.0. The van der Waals surface area contributed by atoms with Crippen LogP contribution in [0.1, 0.15) is 6.92 Å². The van der Waals surface area contributed by atoms with Crippen LogP contribution in [0.15, 0.2) is 0 Å². The van der Waals surface area contributed by atoms with Gasteiger partial charge in [0, 0.05) is 0 Å². The second-order valence-electron chi connectivity index (χ2n) is 5.75. The Morgan fingerprint density at radius 2 is 0.962 bits per heavy atom. The van der Waals surface area contributed by atoms with Crippen molar-refractivity contribution in [2.75, 3.05) is 13.2 Å². The van der Waals surface area contributed by atoms with Gasteiger partial charge in [-0.25, -0.2) is 0 Å². The Morgan fingerprint density at radius 3 is 1.38 bits per heavy atom. The van der Waals surface area contributed by atoms with Crippen molar-refractivity contribution in [3.8, 4) is 0 Å². The predicted octanol–water partition coefficient (Wildman–Crippen LogP) is -7.02. The zero-order valence-corrected chi connectivity index (χ0v) is 14.0. The highest BCUT2D eigenvalue weighted by Crippen LogP contribution is 2.20. The van der Waals surface area contributed by atoms with E-state index in [1.54, 1.807) is 6.92 Å². The van der Waals surface area contributed by atoms with E-state index in [0.717, 1.165) is 0 Å². The molecule has 10 atom stereocenters. The largest absolute Gasteiger partial charge is 0.412 e. The van der Waals surface area contributed by atoms with Crippen LogP contribution in [-0.2, 0) is 9.47 Å². The Balaban J connectivity index is 0. The van der Waals surface area contributed by atoms with Crippen molar-refractivity contribution in [1.82, 2.24) is 0 Å². The summed E-state index contributed by atoms with van der Waals surface area (Å²) in [5.41, 5.74) is 0. The van der Waals surface area contributed by atoms with E-state index in [1.807, 2.05) is 0 Å². The molecule has 0 aromatic rings. The summed E-state index contributed by atoms with van der Waals surface area (Å²) in [4.78, 5) is 0. The Bertz CT molecular complexity index is 328. The van der Waals surface area contributed by atoms with Gasteiger partial charge in [0.2, 0.25) is 0 Å². The summed E-state index contributed by atoms with van der Waals surface area (Å²) in [6, 6.07) is 0. The van der Waals surface area contributed by atoms with Gasteiger partial charge in [-0.1, -0.05) is 0 Å². The zero-order valence-electron chi connectivity index (χ0n) is 14.0. The third-order valence-electron chi connectivity index (χ3n) is 4.00. The van der Waals surface area contributed by atoms with Gasteiger partial charge in [0.25, 0.3) is 0 Å². The highest BCUT2D eigenvalue weighted by Gasteiger charge is 2.42. The maximum absolute atomic E-state index is 9.23. The van der Waals surface area contributed by atoms with Gasteiger partial charge >= 0.3 is 0 Å². The van der Waals surface area contributed by atoms with Crippen LogP contribution in [0, 0.1) is 0 Å². The van der Waals surface area contributed by atoms with E-state index in [1.165, 1.54) is 0 Å². The van der Waals surface area contributed by atoms with E-state index in [2.05, 4.69) is 4.74 Å². The van der Waals surface area contributed by atoms with Gasteiger partial charge < -0.3 is 66.4 Å². The average Bonchev–Trinajstić information content (AvgIpc) is 2.58. The Morgan fingerprint density at radius 1 is 0.577 bits per heavy atom. The van der Waals surface area contributed by atoms with E-state index in [0.29, 0.717) is 0 Å². The smallest absolute Gasteiger partial charge is 0.184 e. The number of ether oxygens (including phenoxy) is 2. The quantitative estimate of drug-likeness (QED) is 0.212. The fourth-order valence-electron chi connectivity index (χ4n) is 2.37. The van der Waals surface area contributed by atoms with E-state index < -0.39 is 67.8 Å². The molecule has 2 rings (SSSR count). The van der Waals surface area contributed by atoms with Crippen molar-refractivity contribution >= 4 is 0 Å². The SMILES string of the molecule is CC1O[C@H](CO)[C@@H](O)[C@H](O)[C@H]1O.O.O.OC[C@H]1O[C@H](O)[C@H](O)[C@@H](O)[C@@H]1O. The molecule has 2 aliphatic rings. The molecule has 13 heteroatoms. The van der Waals surface area contributed by atoms with Crippen molar-refractivity contribution in [3.05, 3.63) is 0 Å². The highest BCUT2D eigenvalue weighted by molar-refractivity contribution is 4.90. The number of aliphatic hydroxyl groups is 9. The lowest BCUT2D eigenvalue weighted by Gasteiger charge is -2.38. The van der Waals surface area contributed by atoms with Crippen LogP contribution < -0.4 is 0 Å². The van der Waals surface area contributed by atoms with Crippen LogP contribution in [0.3, 0.4) is 0 Å². The predicted molar refractivity (Wildman–Crippen MR) is 82.7 cm³/mol. The van der Waals surface area contributed by atoms with Crippen molar-refractivity contribution in [2.24, 2.45) is 0 Å². The molecule has 160 valence electrons. The topological polar surface area (TPSA) is 264 Å². The van der Waals surface area contributed by atoms with Crippen LogP contribution in [0.4, 0.5) is 0 Å². The molecule has 0 radical (unpaired) electrons. The second-order valence-corrected chi connectivity index (χ2v) is 5.75. The molecule has 2 heterocycles. The molecule has 26 heavy (non-hydrogen) atoms. The first kappa shape index (κ1) is 27.7. The molecule has 0 bridgehead atoms. The van der Waals surface area contributed by atoms with Crippen LogP contribution in [-0.4, -0.2) is 131 Å². The van der Waals surface area contributed by atoms with Gasteiger partial charge in [-0.05, 0) is 6.92 Å². The van der Waals surface area contributed by atoms with Crippen molar-refractivity contribution in [3.63, 3.8) is 0 Å². The van der Waals surface area contributed by atoms with E-state index in [4.69, 9.17) is 35.4 Å². The summed E-state index contributed by atoms with van der Waals surface area (Å²) in [6.45, 7) is 0.680. The molecular formula is C13H30O13. The standard InChI is InChI=1S/C7H14O5.C6H12O6.2H2O/c1-3-5(9)7(11)6(10)4(2-8)12-3;7-1-2-3(8)4(9)5(10)6(11)12-2;;/h3-11H,2H2,1H3;2-11H,1H2;2*1H2/t3?,4-,5+,6-,7-;2-,3-,4+,5-,6+;;/m11../s1. The number of rotatable bonds is 2. The Kier molecular flexibility index (Phi) is 12.8. The first-order valence-electron chi connectivity index (χ1n) is 7.44. The molecule has 2 fully saturated rings. The summed E-state index contributed by atoms with van der Waals surface area (Å²) in [7, 11) is 0. The molecule has 0 aromatic heterocycles. The summed E-state index contributed by atoms with van der Waals surface area (Å²) in [5.74, 6) is 0. The monoisotopic (exact) mass is 394 g/mol. The van der Waals surface area contributed by atoms with Gasteiger partial charge in [-0.3, -0.25) is 0 Å². The zero-order chi connectivity index (χ0) is 18.6. The molecule has 2 saturated heterocycles. The van der Waals surface area contributed by atoms with E-state index in [9.17, 15) is 15.3 Å². The molecule has 0 saturated carbocycles. The molecular weight excluding hydrogens is 364 g/mol. The lowest BCUT2D eigenvalue weighted by Crippen LogP contribution is -2.58. The third-order valence-corrected chi connectivity index (χ3v) is 4.00. The maximum atomic E-state index is 9.23. The van der Waals surface area contributed by atoms with Crippen LogP contribution in [0.25, 0.3) is 0 Å². The van der Waals surface area contributed by atoms with Gasteiger partial charge in [-0.15, -0.1) is 0 Å². The van der Waals surface area contributed by atoms with Crippen molar-refractivity contribution < 1.29 is 66.4 Å². The molecule has 0 spiro atoms. The number of hydrogen-bond acceptors (Lipinski definition) is 11. The van der Waals surface area contributed by atoms with Crippen LogP contribution in [0.5, 0.6) is 0 Å². The van der Waals surface area contributed by atoms with Gasteiger partial charge in [0.1, 0.15) is 48.8 Å². The van der Waals surface area contributed by atoms with Crippen molar-refractivity contribution in [2.45, 2.75) is 68.1 Å². The first-order chi connectivity index (χ1) is 11.1. The average molecular weight is 394 g/mol. The fourth-order valence-corrected chi connectivity index (χ4v) is 2.37. The summed E-state index contributed by atoms with van der Waals surface area (Å²) < 4.78 is 9.60. The molecule has 0 aliphatic carbocycles. The first-order valence-corrected chi connectivity index (χ1v) is 7.44. The van der Waals surface area contributed by atoms with E-state index in [-0.39, 0.29) is 17.6 Å². The Hall–Kier alpha value is -0.520. The summed E-state index contributed by atoms with van der Waals surface area (Å²) >= 11 is 0. The minimum Gasteiger partial charge on any atom is -0.412 e. The molecule has 13 nitrogen and oxygen atoms in total. The molecule has 0 aromatic carbocycles. The van der Waals surface area contributed by atoms with Gasteiger partial charge in [0.15, 0.2) is 6.29 Å². The molecule has 0 amide bonds. The molecule has 13 N–H and O–H groups in total. The fraction of sp³-hybridized carbons (Fsp3) is 1.00. The molecule has 2 aliphatic heterocycles. The van der Waals surface area contributed by atoms with Gasteiger partial charge in [-0.2, -0.15) is 0 Å². The van der Waals surface area contributed by atoms with Crippen LogP contribution >= 0.6 is 0 Å². The lowest BCUT2D eigenvalue weighted by molar-refractivity contribution is -0.286. The highest BCUT2D eigenvalue weighted by atomic mass is 16.6. The third kappa shape index (κ3) is 6.28. The minimum absolute atomic E-state index is 0. The normalized spacial score (nSPS) is 45.5. The summed E-state index contributed by atoms with van der Waals surface area (Å²) in [5, 5.41) is 81.0. The number of aliphatic hydroxyl groups excluding tert-OH is 9. The summed E-state index contributed by atoms with van der Waals surface area (Å²) in [6.07, 6.45) is -12.0. The Labute approximate surface area is 148 Å². The van der Waals surface area contributed by atoms with Crippen LogP contribution in [0.2, 0.25) is 0 Å². The van der Waals surface area contributed by atoms with Crippen molar-refractivity contribution in [1.29, 1.82) is 0 Å².